The average Bonchev–Trinajstić information content (AvgIpc) is 3.61. The van der Waals surface area contributed by atoms with Crippen LogP contribution in [0.3, 0.4) is 0 Å². The summed E-state index contributed by atoms with van der Waals surface area (Å²) in [6.45, 7) is 14.3. The highest BCUT2D eigenvalue weighted by Crippen LogP contribution is 2.66. The zero-order valence-electron chi connectivity index (χ0n) is 38.0. The normalized spacial score (nSPS) is 24.1. The van der Waals surface area contributed by atoms with Gasteiger partial charge in [-0.2, -0.15) is 0 Å². The van der Waals surface area contributed by atoms with Crippen molar-refractivity contribution in [2.45, 2.75) is 161 Å². The first-order valence-corrected chi connectivity index (χ1v) is 22.9. The maximum atomic E-state index is 13.8. The van der Waals surface area contributed by atoms with Crippen molar-refractivity contribution in [3.05, 3.63) is 48.0 Å². The number of benzene rings is 1. The van der Waals surface area contributed by atoms with Crippen LogP contribution in [0.25, 0.3) is 11.1 Å². The van der Waals surface area contributed by atoms with Gasteiger partial charge in [-0.3, -0.25) is 24.0 Å². The number of hydrogen-bond donors (Lipinski definition) is 5. The topological polar surface area (TPSA) is 226 Å². The van der Waals surface area contributed by atoms with Crippen molar-refractivity contribution < 1.29 is 38.4 Å². The lowest BCUT2D eigenvalue weighted by Crippen LogP contribution is -2.65. The highest BCUT2D eigenvalue weighted by molar-refractivity contribution is 6.47. The largest absolute Gasteiger partial charge is 0.461 e. The van der Waals surface area contributed by atoms with Crippen LogP contribution in [0.1, 0.15) is 135 Å². The van der Waals surface area contributed by atoms with Gasteiger partial charge in [0.25, 0.3) is 0 Å². The smallest absolute Gasteiger partial charge is 0.405 e. The van der Waals surface area contributed by atoms with Crippen LogP contribution in [0.5, 0.6) is 0 Å². The molecule has 3 saturated carbocycles. The Balaban J connectivity index is 1.15. The number of carbonyl (C=O) groups excluding carboxylic acids is 5. The zero-order valence-corrected chi connectivity index (χ0v) is 38.0. The van der Waals surface area contributed by atoms with Gasteiger partial charge >= 0.3 is 7.12 Å². The Morgan fingerprint density at radius 3 is 2.16 bits per heavy atom. The Morgan fingerprint density at radius 1 is 0.855 bits per heavy atom. The van der Waals surface area contributed by atoms with E-state index >= 15 is 0 Å². The van der Waals surface area contributed by atoms with Crippen LogP contribution in [0, 0.1) is 29.1 Å². The average molecular weight is 859 g/mol. The van der Waals surface area contributed by atoms with E-state index in [2.05, 4.69) is 60.4 Å². The molecule has 4 fully saturated rings. The molecule has 1 saturated heterocycles. The van der Waals surface area contributed by atoms with E-state index in [9.17, 15) is 29.1 Å². The Kier molecular flexibility index (Phi) is 17.2. The lowest BCUT2D eigenvalue weighted by Gasteiger charge is -2.64. The van der Waals surface area contributed by atoms with E-state index in [4.69, 9.17) is 20.8 Å². The van der Waals surface area contributed by atoms with Crippen LogP contribution in [0.4, 0.5) is 0 Å². The summed E-state index contributed by atoms with van der Waals surface area (Å²) in [5.74, 6) is -3.43. The summed E-state index contributed by atoms with van der Waals surface area (Å²) >= 11 is 0. The van der Waals surface area contributed by atoms with Crippen molar-refractivity contribution >= 4 is 36.3 Å². The van der Waals surface area contributed by atoms with Gasteiger partial charge in [-0.15, -0.1) is 0 Å². The predicted molar refractivity (Wildman–Crippen MR) is 239 cm³/mol. The van der Waals surface area contributed by atoms with Gasteiger partial charge in [-0.1, -0.05) is 65.3 Å². The Morgan fingerprint density at radius 2 is 1.55 bits per heavy atom. The number of hydrogen-bond acceptors (Lipinski definition) is 12. The number of aliphatic hydroxyl groups is 1. The second-order valence-electron chi connectivity index (χ2n) is 19.1. The van der Waals surface area contributed by atoms with Gasteiger partial charge in [0, 0.05) is 49.1 Å². The number of amides is 2. The third-order valence-corrected chi connectivity index (χ3v) is 14.0. The van der Waals surface area contributed by atoms with Gasteiger partial charge in [-0.05, 0) is 112 Å². The second kappa shape index (κ2) is 21.7. The molecule has 10 atom stereocenters. The summed E-state index contributed by atoms with van der Waals surface area (Å²) < 4.78 is 13.0. The number of nitrogens with one attached hydrogen (secondary N) is 2. The minimum atomic E-state index is -1.35. The summed E-state index contributed by atoms with van der Waals surface area (Å²) in [5, 5.41) is 16.1. The lowest BCUT2D eigenvalue weighted by molar-refractivity contribution is -0.199. The summed E-state index contributed by atoms with van der Waals surface area (Å²) in [6.07, 6.45) is 8.53. The van der Waals surface area contributed by atoms with Crippen LogP contribution >= 0.6 is 0 Å². The first-order chi connectivity index (χ1) is 29.4. The minimum absolute atomic E-state index is 0.00770. The van der Waals surface area contributed by atoms with E-state index in [0.717, 1.165) is 43.2 Å². The number of nitrogens with two attached hydrogens (primary N) is 2. The number of ketones is 3. The molecule has 1 aromatic carbocycles. The SMILES string of the molecule is CCCCc1ccc(-c2cnc(C(=O)C[C@@H](CCN)C(=O)N[C@H](C(=O)C[C@@H](C)C(=O)N[C@@H](CCCCN)C(=O)C[C@@H](C)B3OC4C[C@@H]5C[C@@H](C5(C)C)[C@]4(C)O3)[C@@H](C)O)nc2)cc1. The van der Waals surface area contributed by atoms with Gasteiger partial charge in [0.15, 0.2) is 17.4 Å². The molecule has 2 heterocycles. The van der Waals surface area contributed by atoms with Crippen LogP contribution < -0.4 is 22.1 Å². The van der Waals surface area contributed by atoms with E-state index in [1.165, 1.54) is 12.5 Å². The second-order valence-corrected chi connectivity index (χ2v) is 19.1. The van der Waals surface area contributed by atoms with E-state index in [0.29, 0.717) is 37.6 Å². The van der Waals surface area contributed by atoms with Crippen LogP contribution in [-0.4, -0.2) is 94.3 Å². The first-order valence-electron chi connectivity index (χ1n) is 22.9. The molecule has 6 rings (SSSR count). The maximum Gasteiger partial charge on any atom is 0.461 e. The van der Waals surface area contributed by atoms with Crippen LogP contribution in [0.15, 0.2) is 36.7 Å². The quantitative estimate of drug-likeness (QED) is 0.0495. The molecule has 0 spiro atoms. The summed E-state index contributed by atoms with van der Waals surface area (Å²) in [6, 6.07) is 5.99. The molecular weight excluding hydrogens is 787 g/mol. The molecule has 62 heavy (non-hydrogen) atoms. The number of aliphatic hydroxyl groups excluding tert-OH is 1. The number of aryl methyl sites for hydroxylation is 1. The maximum absolute atomic E-state index is 13.8. The molecular formula is C47H71BN6O8. The van der Waals surface area contributed by atoms with Gasteiger partial charge in [0.05, 0.1) is 23.9 Å². The molecule has 0 radical (unpaired) electrons. The Hall–Kier alpha value is -3.89. The fraction of sp³-hybridized carbons (Fsp3) is 0.681. The Bertz CT molecular complexity index is 1860. The van der Waals surface area contributed by atoms with Crippen molar-refractivity contribution in [3.8, 4) is 11.1 Å². The number of nitrogens with zero attached hydrogens (tertiary/aromatic N) is 2. The van der Waals surface area contributed by atoms with Crippen LogP contribution in [-0.2, 0) is 34.9 Å². The standard InChI is InChI=1S/C47H71BN6O8/c1-8-9-12-31-14-16-32(17-15-31)34-26-51-43(52-27-34)39(58)23-33(18-20-50)45(60)54-42(30(4)55)38(57)21-28(2)44(59)53-36(13-10-11-19-49)37(56)22-29(3)48-61-41-25-35-24-40(46(35,5)6)47(41,7)62-48/h14-17,26-30,33,35-36,40-42,55H,8-13,18-25,49-50H2,1-7H3,(H,53,59)(H,54,60)/t28-,29-,30-,33-,35+,36+,40+,41?,42+,47+/m1/s1. The van der Waals surface area contributed by atoms with Crippen molar-refractivity contribution in [1.82, 2.24) is 20.6 Å². The minimum Gasteiger partial charge on any atom is -0.405 e. The fourth-order valence-electron chi connectivity index (χ4n) is 9.79. The summed E-state index contributed by atoms with van der Waals surface area (Å²) in [4.78, 5) is 76.5. The molecule has 1 aliphatic heterocycles. The first kappa shape index (κ1) is 49.1. The third-order valence-electron chi connectivity index (χ3n) is 14.0. The molecule has 3 aliphatic carbocycles. The van der Waals surface area contributed by atoms with Crippen LogP contribution in [0.2, 0.25) is 5.82 Å². The number of rotatable bonds is 25. The van der Waals surface area contributed by atoms with Crippen molar-refractivity contribution in [3.63, 3.8) is 0 Å². The van der Waals surface area contributed by atoms with Crippen molar-refractivity contribution in [1.29, 1.82) is 0 Å². The van der Waals surface area contributed by atoms with Crippen molar-refractivity contribution in [2.75, 3.05) is 13.1 Å². The molecule has 2 bridgehead atoms. The monoisotopic (exact) mass is 859 g/mol. The van der Waals surface area contributed by atoms with Gasteiger partial charge < -0.3 is 36.5 Å². The molecule has 14 nitrogen and oxygen atoms in total. The molecule has 15 heteroatoms. The van der Waals surface area contributed by atoms with Gasteiger partial charge in [-0.25, -0.2) is 9.97 Å². The molecule has 2 aromatic rings. The number of unbranched alkanes of at least 4 members (excludes halogenated alkanes) is 2. The zero-order chi connectivity index (χ0) is 45.4. The highest BCUT2D eigenvalue weighted by atomic mass is 16.7. The predicted octanol–water partition coefficient (Wildman–Crippen LogP) is 5.18. The van der Waals surface area contributed by atoms with Crippen molar-refractivity contribution in [2.24, 2.45) is 40.6 Å². The van der Waals surface area contributed by atoms with E-state index in [-0.39, 0.29) is 61.2 Å². The molecule has 7 N–H and O–H groups in total. The summed E-state index contributed by atoms with van der Waals surface area (Å²) in [5.41, 5.74) is 14.3. The van der Waals surface area contributed by atoms with E-state index in [1.807, 2.05) is 19.1 Å². The molecule has 340 valence electrons. The Labute approximate surface area is 368 Å². The summed E-state index contributed by atoms with van der Waals surface area (Å²) in [7, 11) is -0.528. The van der Waals surface area contributed by atoms with Gasteiger partial charge in [0.2, 0.25) is 17.6 Å². The molecule has 1 unspecified atom stereocenters. The number of carbonyl (C=O) groups is 5. The number of Topliss-reactive ketones (excluding diaryl/α,β-unsaturated/α-hetero) is 3. The highest BCUT2D eigenvalue weighted by Gasteiger charge is 2.68. The van der Waals surface area contributed by atoms with E-state index < -0.39 is 66.1 Å². The lowest BCUT2D eigenvalue weighted by atomic mass is 9.43. The molecule has 2 amide bonds. The fourth-order valence-corrected chi connectivity index (χ4v) is 9.79. The number of aromatic nitrogens is 2. The molecule has 4 aliphatic rings. The third kappa shape index (κ3) is 11.6. The van der Waals surface area contributed by atoms with Gasteiger partial charge in [0.1, 0.15) is 6.04 Å². The van der Waals surface area contributed by atoms with E-state index in [1.54, 1.807) is 19.3 Å². The molecule has 1 aromatic heterocycles.